The average Bonchev–Trinajstić information content (AvgIpc) is 2.10. The molecular formula is C10H17N3O. The molecule has 14 heavy (non-hydrogen) atoms. The highest BCUT2D eigenvalue weighted by molar-refractivity contribution is 4.96. The molecule has 1 atom stereocenters. The number of aromatic nitrogens is 2. The van der Waals surface area contributed by atoms with Crippen molar-refractivity contribution < 1.29 is 0 Å². The summed E-state index contributed by atoms with van der Waals surface area (Å²) >= 11 is 0. The van der Waals surface area contributed by atoms with Gasteiger partial charge in [0.2, 0.25) is 0 Å². The molecule has 1 unspecified atom stereocenters. The number of hydrogen-bond acceptors (Lipinski definition) is 3. The molecule has 0 bridgehead atoms. The molecule has 4 nitrogen and oxygen atoms in total. The Balaban J connectivity index is 2.72. The van der Waals surface area contributed by atoms with Crippen molar-refractivity contribution in [3.8, 4) is 0 Å². The fourth-order valence-corrected chi connectivity index (χ4v) is 1.40. The highest BCUT2D eigenvalue weighted by Crippen LogP contribution is 1.96. The molecule has 0 fully saturated rings. The van der Waals surface area contributed by atoms with Gasteiger partial charge < -0.3 is 5.32 Å². The van der Waals surface area contributed by atoms with Gasteiger partial charge >= 0.3 is 0 Å². The normalized spacial score (nSPS) is 12.8. The van der Waals surface area contributed by atoms with Gasteiger partial charge in [-0.15, -0.1) is 0 Å². The first-order chi connectivity index (χ1) is 6.63. The van der Waals surface area contributed by atoms with Gasteiger partial charge in [0.25, 0.3) is 5.56 Å². The van der Waals surface area contributed by atoms with E-state index in [0.717, 1.165) is 12.2 Å². The molecule has 4 heteroatoms. The summed E-state index contributed by atoms with van der Waals surface area (Å²) < 4.78 is 1.65. The van der Waals surface area contributed by atoms with E-state index in [-0.39, 0.29) is 5.56 Å². The molecule has 0 saturated carbocycles. The van der Waals surface area contributed by atoms with Crippen LogP contribution in [-0.4, -0.2) is 23.1 Å². The maximum Gasteiger partial charge on any atom is 0.253 e. The van der Waals surface area contributed by atoms with Crippen LogP contribution >= 0.6 is 0 Å². The zero-order valence-electron chi connectivity index (χ0n) is 8.95. The summed E-state index contributed by atoms with van der Waals surface area (Å²) in [5.41, 5.74) is 0.799. The topological polar surface area (TPSA) is 46.9 Å². The van der Waals surface area contributed by atoms with Crippen molar-refractivity contribution in [1.82, 2.24) is 14.9 Å². The van der Waals surface area contributed by atoms with Crippen molar-refractivity contribution >= 4 is 0 Å². The first-order valence-electron chi connectivity index (χ1n) is 4.81. The Kier molecular flexibility index (Phi) is 3.83. The lowest BCUT2D eigenvalue weighted by atomic mass is 10.2. The summed E-state index contributed by atoms with van der Waals surface area (Å²) in [5, 5.41) is 3.08. The second kappa shape index (κ2) is 4.91. The van der Waals surface area contributed by atoms with Crippen molar-refractivity contribution in [2.75, 3.05) is 13.6 Å². The number of hydrogen-bond donors (Lipinski definition) is 1. The zero-order valence-corrected chi connectivity index (χ0v) is 8.95. The van der Waals surface area contributed by atoms with Crippen molar-refractivity contribution in [3.63, 3.8) is 0 Å². The predicted molar refractivity (Wildman–Crippen MR) is 56.3 cm³/mol. The van der Waals surface area contributed by atoms with Gasteiger partial charge in [-0.3, -0.25) is 9.36 Å². The molecule has 0 saturated heterocycles. The summed E-state index contributed by atoms with van der Waals surface area (Å²) in [6, 6.07) is 1.56. The molecule has 1 rings (SSSR count). The minimum absolute atomic E-state index is 0.0282. The molecule has 1 aromatic rings. The molecule has 1 N–H and O–H groups in total. The van der Waals surface area contributed by atoms with Crippen LogP contribution in [0.2, 0.25) is 0 Å². The van der Waals surface area contributed by atoms with Crippen molar-refractivity contribution in [2.45, 2.75) is 20.4 Å². The molecule has 0 spiro atoms. The second-order valence-electron chi connectivity index (χ2n) is 3.68. The Hall–Kier alpha value is -1.16. The van der Waals surface area contributed by atoms with E-state index in [1.165, 1.54) is 0 Å². The van der Waals surface area contributed by atoms with Gasteiger partial charge in [0.15, 0.2) is 0 Å². The van der Waals surface area contributed by atoms with E-state index in [1.807, 2.05) is 14.0 Å². The maximum atomic E-state index is 11.5. The summed E-state index contributed by atoms with van der Waals surface area (Å²) in [5.74, 6) is 0.433. The van der Waals surface area contributed by atoms with E-state index in [2.05, 4.69) is 17.2 Å². The van der Waals surface area contributed by atoms with Gasteiger partial charge in [-0.2, -0.15) is 0 Å². The van der Waals surface area contributed by atoms with Crippen molar-refractivity contribution in [1.29, 1.82) is 0 Å². The predicted octanol–water partition coefficient (Wildman–Crippen LogP) is 0.407. The monoisotopic (exact) mass is 195 g/mol. The van der Waals surface area contributed by atoms with Crippen molar-refractivity contribution in [3.05, 3.63) is 28.4 Å². The molecule has 78 valence electrons. The Morgan fingerprint density at radius 3 is 2.93 bits per heavy atom. The number of nitrogens with one attached hydrogen (secondary N) is 1. The van der Waals surface area contributed by atoms with Gasteiger partial charge in [0.1, 0.15) is 0 Å². The lowest BCUT2D eigenvalue weighted by Gasteiger charge is -2.12. The van der Waals surface area contributed by atoms with Crippen LogP contribution in [0, 0.1) is 12.8 Å². The van der Waals surface area contributed by atoms with Gasteiger partial charge in [-0.25, -0.2) is 4.98 Å². The summed E-state index contributed by atoms with van der Waals surface area (Å²) in [4.78, 5) is 15.6. The van der Waals surface area contributed by atoms with Crippen LogP contribution < -0.4 is 10.9 Å². The first-order valence-corrected chi connectivity index (χ1v) is 4.81. The first kappa shape index (κ1) is 10.9. The fraction of sp³-hybridized carbons (Fsp3) is 0.600. The number of aryl methyl sites for hydroxylation is 1. The van der Waals surface area contributed by atoms with Crippen LogP contribution in [0.15, 0.2) is 17.2 Å². The van der Waals surface area contributed by atoms with E-state index >= 15 is 0 Å². The summed E-state index contributed by atoms with van der Waals surface area (Å²) in [7, 11) is 1.91. The average molecular weight is 195 g/mol. The largest absolute Gasteiger partial charge is 0.319 e. The Morgan fingerprint density at radius 2 is 2.36 bits per heavy atom. The molecule has 1 aromatic heterocycles. The molecule has 0 aliphatic rings. The van der Waals surface area contributed by atoms with Crippen LogP contribution in [0.4, 0.5) is 0 Å². The number of nitrogens with zero attached hydrogens (tertiary/aromatic N) is 2. The third kappa shape index (κ3) is 2.96. The highest BCUT2D eigenvalue weighted by Gasteiger charge is 2.03. The third-order valence-corrected chi connectivity index (χ3v) is 2.08. The van der Waals surface area contributed by atoms with E-state index in [1.54, 1.807) is 17.0 Å². The molecule has 0 aromatic carbocycles. The minimum atomic E-state index is 0.0282. The van der Waals surface area contributed by atoms with Crippen molar-refractivity contribution in [2.24, 2.45) is 5.92 Å². The lowest BCUT2D eigenvalue weighted by Crippen LogP contribution is -2.27. The Bertz CT molecular complexity index is 345. The van der Waals surface area contributed by atoms with Gasteiger partial charge in [0, 0.05) is 18.3 Å². The van der Waals surface area contributed by atoms with Gasteiger partial charge in [-0.1, -0.05) is 6.92 Å². The van der Waals surface area contributed by atoms with Crippen LogP contribution in [0.1, 0.15) is 12.6 Å². The minimum Gasteiger partial charge on any atom is -0.319 e. The third-order valence-electron chi connectivity index (χ3n) is 2.08. The van der Waals surface area contributed by atoms with E-state index in [9.17, 15) is 4.79 Å². The number of rotatable bonds is 4. The Morgan fingerprint density at radius 1 is 1.64 bits per heavy atom. The molecular weight excluding hydrogens is 178 g/mol. The van der Waals surface area contributed by atoms with Crippen LogP contribution in [0.25, 0.3) is 0 Å². The van der Waals surface area contributed by atoms with Crippen LogP contribution in [0.3, 0.4) is 0 Å². The quantitative estimate of drug-likeness (QED) is 0.757. The van der Waals surface area contributed by atoms with Crippen LogP contribution in [-0.2, 0) is 6.54 Å². The molecule has 1 heterocycles. The van der Waals surface area contributed by atoms with E-state index < -0.39 is 0 Å². The molecule has 0 aliphatic heterocycles. The van der Waals surface area contributed by atoms with Gasteiger partial charge in [-0.05, 0) is 26.4 Å². The summed E-state index contributed by atoms with van der Waals surface area (Å²) in [6.45, 7) is 5.54. The molecule has 0 radical (unpaired) electrons. The molecule has 0 amide bonds. The smallest absolute Gasteiger partial charge is 0.253 e. The molecule has 0 aliphatic carbocycles. The van der Waals surface area contributed by atoms with Crippen LogP contribution in [0.5, 0.6) is 0 Å². The van der Waals surface area contributed by atoms with E-state index in [0.29, 0.717) is 12.5 Å². The fourth-order valence-electron chi connectivity index (χ4n) is 1.40. The lowest BCUT2D eigenvalue weighted by molar-refractivity contribution is 0.450. The SMILES string of the molecule is CNCC(C)Cn1cnc(C)cc1=O. The van der Waals surface area contributed by atoms with Gasteiger partial charge in [0.05, 0.1) is 6.33 Å². The standard InChI is InChI=1S/C10H17N3O/c1-8(5-11-3)6-13-7-12-9(2)4-10(13)14/h4,7-8,11H,5-6H2,1-3H3. The second-order valence-corrected chi connectivity index (χ2v) is 3.68. The zero-order chi connectivity index (χ0) is 10.6. The Labute approximate surface area is 84.0 Å². The maximum absolute atomic E-state index is 11.5. The van der Waals surface area contributed by atoms with E-state index in [4.69, 9.17) is 0 Å². The summed E-state index contributed by atoms with van der Waals surface area (Å²) in [6.07, 6.45) is 1.61. The highest BCUT2D eigenvalue weighted by atomic mass is 16.1.